The van der Waals surface area contributed by atoms with E-state index in [0.29, 0.717) is 0 Å². The molecule has 1 rings (SSSR count). The molecule has 0 aromatic rings. The van der Waals surface area contributed by atoms with Gasteiger partial charge in [0.05, 0.1) is 12.0 Å². The van der Waals surface area contributed by atoms with Crippen LogP contribution in [0.3, 0.4) is 0 Å². The van der Waals surface area contributed by atoms with Crippen molar-refractivity contribution in [2.75, 3.05) is 19.7 Å². The summed E-state index contributed by atoms with van der Waals surface area (Å²) < 4.78 is 9.97. The minimum atomic E-state index is -0.677. The van der Waals surface area contributed by atoms with E-state index in [1.165, 1.54) is 4.90 Å². The highest BCUT2D eigenvalue weighted by Gasteiger charge is 2.48. The molecule has 6 nitrogen and oxygen atoms in total. The van der Waals surface area contributed by atoms with Gasteiger partial charge in [-0.05, 0) is 34.6 Å². The van der Waals surface area contributed by atoms with Crippen LogP contribution in [-0.4, -0.2) is 48.0 Å². The highest BCUT2D eigenvalue weighted by molar-refractivity contribution is 6.00. The zero-order chi connectivity index (χ0) is 15.6. The molecule has 1 aliphatic heterocycles. The van der Waals surface area contributed by atoms with Crippen LogP contribution in [0.2, 0.25) is 0 Å². The normalized spacial score (nSPS) is 17.1. The highest BCUT2D eigenvalue weighted by atomic mass is 16.6. The molecule has 0 aromatic heterocycles. The molecule has 0 atom stereocenters. The van der Waals surface area contributed by atoms with Crippen molar-refractivity contribution in [1.29, 1.82) is 0 Å². The number of rotatable bonds is 4. The standard InChI is InChI=1S/C14H23NO5/c1-6-19-11(17)7-10(16)14(5)8-15(9-14)12(18)20-13(2,3)4/h6-9H2,1-5H3. The van der Waals surface area contributed by atoms with Crippen molar-refractivity contribution in [3.63, 3.8) is 0 Å². The smallest absolute Gasteiger partial charge is 0.410 e. The van der Waals surface area contributed by atoms with Gasteiger partial charge in [-0.3, -0.25) is 9.59 Å². The van der Waals surface area contributed by atoms with Crippen LogP contribution in [0.1, 0.15) is 41.0 Å². The Balaban J connectivity index is 2.47. The number of esters is 1. The van der Waals surface area contributed by atoms with Crippen LogP contribution in [0.15, 0.2) is 0 Å². The second kappa shape index (κ2) is 5.81. The van der Waals surface area contributed by atoms with E-state index < -0.39 is 23.1 Å². The number of hydrogen-bond acceptors (Lipinski definition) is 5. The third-order valence-corrected chi connectivity index (χ3v) is 3.01. The minimum Gasteiger partial charge on any atom is -0.466 e. The molecule has 0 bridgehead atoms. The fourth-order valence-corrected chi connectivity index (χ4v) is 1.98. The molecular weight excluding hydrogens is 262 g/mol. The van der Waals surface area contributed by atoms with E-state index in [-0.39, 0.29) is 31.9 Å². The predicted molar refractivity (Wildman–Crippen MR) is 72.2 cm³/mol. The molecule has 0 N–H and O–H groups in total. The molecule has 1 saturated heterocycles. The van der Waals surface area contributed by atoms with Crippen molar-refractivity contribution in [2.45, 2.75) is 46.6 Å². The van der Waals surface area contributed by atoms with Gasteiger partial charge in [0.2, 0.25) is 0 Å². The zero-order valence-corrected chi connectivity index (χ0v) is 12.8. The second-order valence-corrected chi connectivity index (χ2v) is 6.30. The molecule has 0 aliphatic carbocycles. The van der Waals surface area contributed by atoms with Crippen molar-refractivity contribution < 1.29 is 23.9 Å². The van der Waals surface area contributed by atoms with E-state index in [0.717, 1.165) is 0 Å². The Hall–Kier alpha value is -1.59. The molecule has 0 aromatic carbocycles. The summed E-state index contributed by atoms with van der Waals surface area (Å²) in [5, 5.41) is 0. The summed E-state index contributed by atoms with van der Waals surface area (Å²) in [6.07, 6.45) is -0.675. The predicted octanol–water partition coefficient (Wildman–Crippen LogP) is 1.77. The first-order valence-corrected chi connectivity index (χ1v) is 6.74. The summed E-state index contributed by atoms with van der Waals surface area (Å²) in [6.45, 7) is 9.61. The zero-order valence-electron chi connectivity index (χ0n) is 12.8. The first kappa shape index (κ1) is 16.5. The first-order valence-electron chi connectivity index (χ1n) is 6.74. The third kappa shape index (κ3) is 4.21. The number of amides is 1. The van der Waals surface area contributed by atoms with Gasteiger partial charge in [-0.15, -0.1) is 0 Å². The average Bonchev–Trinajstić information content (AvgIpc) is 2.22. The Bertz CT molecular complexity index is 404. The highest BCUT2D eigenvalue weighted by Crippen LogP contribution is 2.33. The number of carbonyl (C=O) groups excluding carboxylic acids is 3. The quantitative estimate of drug-likeness (QED) is 0.581. The van der Waals surface area contributed by atoms with E-state index >= 15 is 0 Å². The van der Waals surface area contributed by atoms with Gasteiger partial charge >= 0.3 is 12.1 Å². The van der Waals surface area contributed by atoms with Gasteiger partial charge < -0.3 is 14.4 Å². The Morgan fingerprint density at radius 2 is 1.75 bits per heavy atom. The number of carbonyl (C=O) groups is 3. The summed E-state index contributed by atoms with van der Waals surface area (Å²) in [6, 6.07) is 0. The molecule has 1 heterocycles. The fraction of sp³-hybridized carbons (Fsp3) is 0.786. The van der Waals surface area contributed by atoms with E-state index in [1.54, 1.807) is 34.6 Å². The van der Waals surface area contributed by atoms with Crippen LogP contribution in [0.4, 0.5) is 4.79 Å². The maximum atomic E-state index is 12.0. The van der Waals surface area contributed by atoms with Crippen molar-refractivity contribution in [2.24, 2.45) is 5.41 Å². The lowest BCUT2D eigenvalue weighted by Crippen LogP contribution is -2.61. The van der Waals surface area contributed by atoms with Gasteiger partial charge in [0.25, 0.3) is 0 Å². The molecule has 20 heavy (non-hydrogen) atoms. The lowest BCUT2D eigenvalue weighted by molar-refractivity contribution is -0.150. The van der Waals surface area contributed by atoms with Crippen molar-refractivity contribution in [3.05, 3.63) is 0 Å². The third-order valence-electron chi connectivity index (χ3n) is 3.01. The van der Waals surface area contributed by atoms with Crippen molar-refractivity contribution >= 4 is 17.8 Å². The average molecular weight is 285 g/mol. The van der Waals surface area contributed by atoms with Crippen molar-refractivity contribution in [1.82, 2.24) is 4.90 Å². The van der Waals surface area contributed by atoms with E-state index in [4.69, 9.17) is 9.47 Å². The Kier molecular flexibility index (Phi) is 4.78. The fourth-order valence-electron chi connectivity index (χ4n) is 1.98. The van der Waals surface area contributed by atoms with Gasteiger partial charge in [-0.2, -0.15) is 0 Å². The van der Waals surface area contributed by atoms with Gasteiger partial charge in [0.15, 0.2) is 5.78 Å². The van der Waals surface area contributed by atoms with Crippen LogP contribution in [0, 0.1) is 5.41 Å². The van der Waals surface area contributed by atoms with E-state index in [9.17, 15) is 14.4 Å². The molecule has 1 amide bonds. The molecule has 0 spiro atoms. The topological polar surface area (TPSA) is 72.9 Å². The van der Waals surface area contributed by atoms with E-state index in [2.05, 4.69) is 0 Å². The molecule has 0 unspecified atom stereocenters. The lowest BCUT2D eigenvalue weighted by Gasteiger charge is -2.46. The molecule has 1 aliphatic rings. The Labute approximate surface area is 119 Å². The Morgan fingerprint density at radius 1 is 1.20 bits per heavy atom. The van der Waals surface area contributed by atoms with E-state index in [1.807, 2.05) is 0 Å². The SMILES string of the molecule is CCOC(=O)CC(=O)C1(C)CN(C(=O)OC(C)(C)C)C1. The summed E-state index contributed by atoms with van der Waals surface area (Å²) >= 11 is 0. The van der Waals surface area contributed by atoms with Crippen LogP contribution in [-0.2, 0) is 19.1 Å². The molecule has 1 fully saturated rings. The molecular formula is C14H23NO5. The van der Waals surface area contributed by atoms with Crippen molar-refractivity contribution in [3.8, 4) is 0 Å². The summed E-state index contributed by atoms with van der Waals surface area (Å²) in [4.78, 5) is 36.5. The molecule has 0 radical (unpaired) electrons. The Morgan fingerprint density at radius 3 is 2.20 bits per heavy atom. The van der Waals surface area contributed by atoms with Gasteiger partial charge in [-0.25, -0.2) is 4.79 Å². The summed E-state index contributed by atoms with van der Waals surface area (Å²) in [5.41, 5.74) is -1.23. The van der Waals surface area contributed by atoms with Crippen LogP contribution in [0.5, 0.6) is 0 Å². The maximum Gasteiger partial charge on any atom is 0.410 e. The molecule has 114 valence electrons. The van der Waals surface area contributed by atoms with Gasteiger partial charge in [0.1, 0.15) is 12.0 Å². The summed E-state index contributed by atoms with van der Waals surface area (Å²) in [5.74, 6) is -0.717. The monoisotopic (exact) mass is 285 g/mol. The number of nitrogens with zero attached hydrogens (tertiary/aromatic N) is 1. The van der Waals surface area contributed by atoms with Crippen LogP contribution in [0.25, 0.3) is 0 Å². The van der Waals surface area contributed by atoms with Crippen LogP contribution < -0.4 is 0 Å². The number of ketones is 1. The lowest BCUT2D eigenvalue weighted by atomic mass is 9.77. The minimum absolute atomic E-state index is 0.198. The largest absolute Gasteiger partial charge is 0.466 e. The number of likely N-dealkylation sites (tertiary alicyclic amines) is 1. The number of hydrogen-bond donors (Lipinski definition) is 0. The van der Waals surface area contributed by atoms with Crippen LogP contribution >= 0.6 is 0 Å². The number of Topliss-reactive ketones (excluding diaryl/α,β-unsaturated/α-hetero) is 1. The second-order valence-electron chi connectivity index (χ2n) is 6.30. The maximum absolute atomic E-state index is 12.0. The molecule has 0 saturated carbocycles. The number of ether oxygens (including phenoxy) is 2. The summed E-state index contributed by atoms with van der Waals surface area (Å²) in [7, 11) is 0. The molecule has 6 heteroatoms. The first-order chi connectivity index (χ1) is 9.07. The van der Waals surface area contributed by atoms with Gasteiger partial charge in [0, 0.05) is 13.1 Å². The van der Waals surface area contributed by atoms with Gasteiger partial charge in [-0.1, -0.05) is 0 Å².